The zero-order valence-electron chi connectivity index (χ0n) is 10.6. The van der Waals surface area contributed by atoms with Gasteiger partial charge in [0, 0.05) is 23.2 Å². The van der Waals surface area contributed by atoms with Gasteiger partial charge in [0.15, 0.2) is 0 Å². The molecule has 21 heavy (non-hydrogen) atoms. The highest BCUT2D eigenvalue weighted by Gasteiger charge is 2.23. The van der Waals surface area contributed by atoms with Gasteiger partial charge in [-0.2, -0.15) is 0 Å². The van der Waals surface area contributed by atoms with Gasteiger partial charge in [-0.05, 0) is 18.6 Å². The lowest BCUT2D eigenvalue weighted by Gasteiger charge is -2.11. The molecule has 116 valence electrons. The largest absolute Gasteiger partial charge is 0.462 e. The van der Waals surface area contributed by atoms with E-state index in [9.17, 15) is 13.2 Å². The van der Waals surface area contributed by atoms with Crippen molar-refractivity contribution in [2.24, 2.45) is 5.92 Å². The van der Waals surface area contributed by atoms with E-state index in [2.05, 4.69) is 0 Å². The van der Waals surface area contributed by atoms with Crippen LogP contribution < -0.4 is 0 Å². The normalized spacial score (nSPS) is 18.7. The van der Waals surface area contributed by atoms with Crippen molar-refractivity contribution >= 4 is 48.9 Å². The third-order valence-electron chi connectivity index (χ3n) is 2.98. The molecule has 2 rings (SSSR count). The molecule has 0 saturated carbocycles. The molecule has 1 atom stereocenters. The number of benzene rings is 1. The van der Waals surface area contributed by atoms with Gasteiger partial charge in [0.25, 0.3) is 9.05 Å². The number of carbonyl (C=O) groups excluding carboxylic acids is 1. The van der Waals surface area contributed by atoms with Gasteiger partial charge in [0.2, 0.25) is 0 Å². The van der Waals surface area contributed by atoms with Crippen LogP contribution in [0.5, 0.6) is 0 Å². The summed E-state index contributed by atoms with van der Waals surface area (Å²) in [5.41, 5.74) is -0.137. The van der Waals surface area contributed by atoms with E-state index in [4.69, 9.17) is 43.4 Å². The van der Waals surface area contributed by atoms with E-state index >= 15 is 0 Å². The number of carbonyl (C=O) groups is 1. The average molecular weight is 374 g/mol. The molecule has 0 aromatic heterocycles. The van der Waals surface area contributed by atoms with Crippen LogP contribution in [0, 0.1) is 5.92 Å². The molecule has 1 aliphatic heterocycles. The maximum Gasteiger partial charge on any atom is 0.339 e. The molecule has 0 N–H and O–H groups in total. The highest BCUT2D eigenvalue weighted by molar-refractivity contribution is 8.13. The molecule has 1 aromatic carbocycles. The quantitative estimate of drug-likeness (QED) is 0.599. The number of ether oxygens (including phenoxy) is 2. The van der Waals surface area contributed by atoms with E-state index in [1.54, 1.807) is 0 Å². The third-order valence-corrected chi connectivity index (χ3v) is 5.11. The topological polar surface area (TPSA) is 69.7 Å². The molecular weight excluding hydrogens is 363 g/mol. The number of hydrogen-bond donors (Lipinski definition) is 0. The lowest BCUT2D eigenvalue weighted by atomic mass is 10.1. The van der Waals surface area contributed by atoms with Gasteiger partial charge in [0.05, 0.1) is 33.7 Å². The lowest BCUT2D eigenvalue weighted by molar-refractivity contribution is 0.0428. The lowest BCUT2D eigenvalue weighted by Crippen LogP contribution is -2.15. The van der Waals surface area contributed by atoms with Crippen molar-refractivity contribution in [1.29, 1.82) is 0 Å². The van der Waals surface area contributed by atoms with Crippen LogP contribution in [0.2, 0.25) is 10.0 Å². The minimum Gasteiger partial charge on any atom is -0.462 e. The Labute approximate surface area is 136 Å². The Balaban J connectivity index is 2.21. The first kappa shape index (κ1) is 16.8. The molecule has 0 spiro atoms. The van der Waals surface area contributed by atoms with Crippen molar-refractivity contribution in [3.05, 3.63) is 27.7 Å². The Bertz CT molecular complexity index is 653. The van der Waals surface area contributed by atoms with Crippen LogP contribution in [0.25, 0.3) is 0 Å². The van der Waals surface area contributed by atoms with Crippen LogP contribution >= 0.6 is 33.9 Å². The van der Waals surface area contributed by atoms with Gasteiger partial charge in [-0.15, -0.1) is 0 Å². The van der Waals surface area contributed by atoms with Crippen LogP contribution in [0.1, 0.15) is 16.8 Å². The highest BCUT2D eigenvalue weighted by atomic mass is 35.7. The van der Waals surface area contributed by atoms with Crippen molar-refractivity contribution in [2.75, 3.05) is 19.8 Å². The van der Waals surface area contributed by atoms with Crippen LogP contribution in [0.15, 0.2) is 17.0 Å². The standard InChI is InChI=1S/C12H11Cl3O5S/c13-10-4-8(21(15,17)18)3-9(11(10)14)12(16)20-6-7-1-2-19-5-7/h3-4,7H,1-2,5-6H2. The molecule has 9 heteroatoms. The minimum absolute atomic E-state index is 0.0756. The van der Waals surface area contributed by atoms with E-state index in [1.807, 2.05) is 0 Å². The smallest absolute Gasteiger partial charge is 0.339 e. The van der Waals surface area contributed by atoms with Gasteiger partial charge < -0.3 is 9.47 Å². The molecule has 1 saturated heterocycles. The van der Waals surface area contributed by atoms with Crippen LogP contribution in [0.3, 0.4) is 0 Å². The van der Waals surface area contributed by atoms with Gasteiger partial charge in [-0.25, -0.2) is 13.2 Å². The van der Waals surface area contributed by atoms with Crippen molar-refractivity contribution in [3.63, 3.8) is 0 Å². The second-order valence-corrected chi connectivity index (χ2v) is 7.88. The van der Waals surface area contributed by atoms with Gasteiger partial charge >= 0.3 is 5.97 Å². The fourth-order valence-corrected chi connectivity index (χ4v) is 3.09. The first-order valence-corrected chi connectivity index (χ1v) is 9.04. The highest BCUT2D eigenvalue weighted by Crippen LogP contribution is 2.31. The van der Waals surface area contributed by atoms with E-state index in [1.165, 1.54) is 0 Å². The van der Waals surface area contributed by atoms with Crippen LogP contribution in [-0.4, -0.2) is 34.2 Å². The maximum absolute atomic E-state index is 12.0. The van der Waals surface area contributed by atoms with Crippen molar-refractivity contribution in [1.82, 2.24) is 0 Å². The van der Waals surface area contributed by atoms with Crippen molar-refractivity contribution < 1.29 is 22.7 Å². The van der Waals surface area contributed by atoms with Crippen molar-refractivity contribution in [2.45, 2.75) is 11.3 Å². The van der Waals surface area contributed by atoms with Gasteiger partial charge in [-0.3, -0.25) is 0 Å². The molecule has 0 aliphatic carbocycles. The summed E-state index contributed by atoms with van der Waals surface area (Å²) in [4.78, 5) is 11.7. The first-order chi connectivity index (χ1) is 9.79. The molecule has 1 aromatic rings. The summed E-state index contributed by atoms with van der Waals surface area (Å²) in [5, 5.41) is -0.164. The van der Waals surface area contributed by atoms with Gasteiger partial charge in [-0.1, -0.05) is 23.2 Å². The Morgan fingerprint density at radius 1 is 1.38 bits per heavy atom. The minimum atomic E-state index is -4.03. The zero-order valence-corrected chi connectivity index (χ0v) is 13.7. The Morgan fingerprint density at radius 2 is 2.10 bits per heavy atom. The summed E-state index contributed by atoms with van der Waals surface area (Å²) < 4.78 is 32.9. The summed E-state index contributed by atoms with van der Waals surface area (Å²) in [5.74, 6) is -0.626. The van der Waals surface area contributed by atoms with E-state index in [0.717, 1.165) is 18.6 Å². The summed E-state index contributed by atoms with van der Waals surface area (Å²) in [6, 6.07) is 2.12. The third kappa shape index (κ3) is 4.23. The monoisotopic (exact) mass is 372 g/mol. The number of halogens is 3. The molecule has 0 bridgehead atoms. The van der Waals surface area contributed by atoms with Crippen LogP contribution in [-0.2, 0) is 18.5 Å². The molecule has 1 aliphatic rings. The Hall–Kier alpha value is -0.530. The molecular formula is C12H11Cl3O5S. The molecule has 5 nitrogen and oxygen atoms in total. The number of rotatable bonds is 4. The van der Waals surface area contributed by atoms with Crippen LogP contribution in [0.4, 0.5) is 0 Å². The average Bonchev–Trinajstić information content (AvgIpc) is 2.91. The fourth-order valence-electron chi connectivity index (χ4n) is 1.84. The van der Waals surface area contributed by atoms with E-state index in [0.29, 0.717) is 13.2 Å². The second kappa shape index (κ2) is 6.71. The Morgan fingerprint density at radius 3 is 2.67 bits per heavy atom. The molecule has 0 amide bonds. The summed E-state index contributed by atoms with van der Waals surface area (Å²) in [6.45, 7) is 1.33. The maximum atomic E-state index is 12.0. The number of hydrogen-bond acceptors (Lipinski definition) is 5. The fraction of sp³-hybridized carbons (Fsp3) is 0.417. The molecule has 1 unspecified atom stereocenters. The predicted molar refractivity (Wildman–Crippen MR) is 78.7 cm³/mol. The molecule has 0 radical (unpaired) electrons. The first-order valence-electron chi connectivity index (χ1n) is 5.97. The summed E-state index contributed by atoms with van der Waals surface area (Å²) >= 11 is 11.7. The Kier molecular flexibility index (Phi) is 5.38. The summed E-state index contributed by atoms with van der Waals surface area (Å²) in [7, 11) is 1.21. The van der Waals surface area contributed by atoms with Crippen molar-refractivity contribution in [3.8, 4) is 0 Å². The zero-order chi connectivity index (χ0) is 15.6. The molecule has 1 heterocycles. The summed E-state index contributed by atoms with van der Waals surface area (Å²) in [6.07, 6.45) is 0.803. The predicted octanol–water partition coefficient (Wildman–Crippen LogP) is 3.11. The van der Waals surface area contributed by atoms with Gasteiger partial charge in [0.1, 0.15) is 0 Å². The van der Waals surface area contributed by atoms with E-state index < -0.39 is 15.0 Å². The second-order valence-electron chi connectivity index (χ2n) is 4.53. The van der Waals surface area contributed by atoms with E-state index in [-0.39, 0.29) is 33.0 Å². The SMILES string of the molecule is O=C(OCC1CCOC1)c1cc(S(=O)(=O)Cl)cc(Cl)c1Cl. The molecule has 1 fully saturated rings. The number of esters is 1.